The lowest BCUT2D eigenvalue weighted by molar-refractivity contribution is 0.0909. The van der Waals surface area contributed by atoms with Gasteiger partial charge in [0.15, 0.2) is 8.32 Å². The molecule has 6 heteroatoms. The van der Waals surface area contributed by atoms with Crippen LogP contribution in [0.25, 0.3) is 0 Å². The second kappa shape index (κ2) is 7.64. The third-order valence-corrected chi connectivity index (χ3v) is 9.54. The molecule has 0 aliphatic rings. The topological polar surface area (TPSA) is 55.5 Å². The Kier molecular flexibility index (Phi) is 6.93. The van der Waals surface area contributed by atoms with E-state index in [1.807, 2.05) is 12.1 Å². The minimum atomic E-state index is -1.99. The van der Waals surface area contributed by atoms with Gasteiger partial charge in [0, 0.05) is 13.0 Å². The van der Waals surface area contributed by atoms with E-state index in [-0.39, 0.29) is 17.7 Å². The van der Waals surface area contributed by atoms with E-state index in [0.717, 1.165) is 5.56 Å². The molecular weight excluding hydrogens is 337 g/mol. The molecule has 0 fully saturated rings. The Morgan fingerprint density at radius 3 is 2.27 bits per heavy atom. The van der Waals surface area contributed by atoms with Gasteiger partial charge in [0.25, 0.3) is 0 Å². The lowest BCUT2D eigenvalue weighted by Gasteiger charge is -2.40. The van der Waals surface area contributed by atoms with Gasteiger partial charge in [-0.25, -0.2) is 0 Å². The number of rotatable bonds is 6. The quantitative estimate of drug-likeness (QED) is 0.715. The number of aliphatic hydroxyl groups is 1. The maximum absolute atomic E-state index is 9.96. The molecule has 0 radical (unpaired) electrons. The molecule has 0 aliphatic heterocycles. The van der Waals surface area contributed by atoms with E-state index in [0.29, 0.717) is 16.5 Å². The molecule has 126 valence electrons. The normalized spacial score (nSPS) is 15.7. The number of aliphatic hydroxyl groups excluding tert-OH is 1. The van der Waals surface area contributed by atoms with Crippen molar-refractivity contribution in [1.82, 2.24) is 0 Å². The monoisotopic (exact) mass is 363 g/mol. The van der Waals surface area contributed by atoms with Gasteiger partial charge in [0.2, 0.25) is 0 Å². The van der Waals surface area contributed by atoms with Crippen molar-refractivity contribution in [3.05, 3.63) is 33.8 Å². The molecule has 1 rings (SSSR count). The fraction of sp³-hybridized carbons (Fsp3) is 0.625. The molecule has 0 saturated heterocycles. The molecule has 1 aromatic rings. The predicted octanol–water partition coefficient (Wildman–Crippen LogP) is 4.77. The van der Waals surface area contributed by atoms with Crippen molar-refractivity contribution in [2.45, 2.75) is 57.5 Å². The largest absolute Gasteiger partial charge is 0.410 e. The number of halogens is 2. The van der Waals surface area contributed by atoms with Crippen LogP contribution in [0.3, 0.4) is 0 Å². The Balaban J connectivity index is 3.10. The van der Waals surface area contributed by atoms with Crippen LogP contribution >= 0.6 is 23.2 Å². The highest BCUT2D eigenvalue weighted by Gasteiger charge is 2.39. The summed E-state index contributed by atoms with van der Waals surface area (Å²) in [7, 11) is -1.99. The second-order valence-corrected chi connectivity index (χ2v) is 12.7. The van der Waals surface area contributed by atoms with Gasteiger partial charge in [-0.1, -0.05) is 50.0 Å². The molecule has 0 saturated carbocycles. The van der Waals surface area contributed by atoms with E-state index >= 15 is 0 Å². The molecule has 1 aromatic carbocycles. The summed E-state index contributed by atoms with van der Waals surface area (Å²) < 4.78 is 6.48. The van der Waals surface area contributed by atoms with Gasteiger partial charge >= 0.3 is 0 Å². The highest BCUT2D eigenvalue weighted by molar-refractivity contribution is 6.74. The van der Waals surface area contributed by atoms with Crippen LogP contribution in [0.5, 0.6) is 0 Å². The summed E-state index contributed by atoms with van der Waals surface area (Å²) in [6, 6.07) is 5.47. The first kappa shape index (κ1) is 19.9. The summed E-state index contributed by atoms with van der Waals surface area (Å²) >= 11 is 12.1. The Morgan fingerprint density at radius 2 is 1.82 bits per heavy atom. The predicted molar refractivity (Wildman–Crippen MR) is 97.2 cm³/mol. The van der Waals surface area contributed by atoms with Crippen LogP contribution in [-0.2, 0) is 4.43 Å². The SMILES string of the molecule is CC(C)(C)[Si](C)(C)OC(C[C@@H](O)CN)c1ccc(Cl)c(Cl)c1. The molecule has 3 N–H and O–H groups in total. The van der Waals surface area contributed by atoms with Crippen LogP contribution in [-0.4, -0.2) is 26.1 Å². The van der Waals surface area contributed by atoms with Crippen molar-refractivity contribution in [3.8, 4) is 0 Å². The Hall–Kier alpha value is -0.103. The first-order valence-corrected chi connectivity index (χ1v) is 11.1. The molecule has 1 unspecified atom stereocenters. The number of hydrogen-bond acceptors (Lipinski definition) is 3. The lowest BCUT2D eigenvalue weighted by Crippen LogP contribution is -2.42. The fourth-order valence-corrected chi connectivity index (χ4v) is 3.44. The number of benzene rings is 1. The van der Waals surface area contributed by atoms with E-state index in [4.69, 9.17) is 33.4 Å². The smallest absolute Gasteiger partial charge is 0.192 e. The van der Waals surface area contributed by atoms with Crippen LogP contribution in [0.1, 0.15) is 38.9 Å². The van der Waals surface area contributed by atoms with E-state index < -0.39 is 14.4 Å². The standard InChI is InChI=1S/C16H27Cl2NO2Si/c1-16(2,3)22(4,5)21-15(9-12(20)10-19)11-6-7-13(17)14(18)8-11/h6-8,12,15,20H,9-10,19H2,1-5H3/t12-,15?/m1/s1. The summed E-state index contributed by atoms with van der Waals surface area (Å²) in [5, 5.41) is 11.0. The molecule has 0 aromatic heterocycles. The van der Waals surface area contributed by atoms with E-state index in [1.165, 1.54) is 0 Å². The Bertz CT molecular complexity index is 503. The zero-order chi connectivity index (χ0) is 17.1. The van der Waals surface area contributed by atoms with Crippen LogP contribution in [0.15, 0.2) is 18.2 Å². The van der Waals surface area contributed by atoms with Gasteiger partial charge in [0.1, 0.15) is 0 Å². The molecule has 0 amide bonds. The van der Waals surface area contributed by atoms with Crippen LogP contribution in [0, 0.1) is 0 Å². The van der Waals surface area contributed by atoms with Gasteiger partial charge in [-0.3, -0.25) is 0 Å². The molecule has 0 bridgehead atoms. The van der Waals surface area contributed by atoms with Crippen molar-refractivity contribution in [3.63, 3.8) is 0 Å². The second-order valence-electron chi connectivity index (χ2n) is 7.17. The van der Waals surface area contributed by atoms with Crippen molar-refractivity contribution in [1.29, 1.82) is 0 Å². The van der Waals surface area contributed by atoms with Gasteiger partial charge in [-0.2, -0.15) is 0 Å². The summed E-state index contributed by atoms with van der Waals surface area (Å²) in [5.74, 6) is 0. The van der Waals surface area contributed by atoms with E-state index in [1.54, 1.807) is 6.07 Å². The molecule has 2 atom stereocenters. The van der Waals surface area contributed by atoms with Gasteiger partial charge in [-0.05, 0) is 35.8 Å². The van der Waals surface area contributed by atoms with Crippen molar-refractivity contribution in [2.75, 3.05) is 6.54 Å². The number of nitrogens with two attached hydrogens (primary N) is 1. The Labute approximate surface area is 144 Å². The molecule has 0 heterocycles. The van der Waals surface area contributed by atoms with Gasteiger partial charge < -0.3 is 15.3 Å². The third kappa shape index (κ3) is 5.22. The van der Waals surface area contributed by atoms with Gasteiger partial charge in [-0.15, -0.1) is 0 Å². The van der Waals surface area contributed by atoms with Crippen molar-refractivity contribution < 1.29 is 9.53 Å². The lowest BCUT2D eigenvalue weighted by atomic mass is 10.0. The van der Waals surface area contributed by atoms with Crippen LogP contribution < -0.4 is 5.73 Å². The van der Waals surface area contributed by atoms with E-state index in [9.17, 15) is 5.11 Å². The van der Waals surface area contributed by atoms with Crippen LogP contribution in [0.4, 0.5) is 0 Å². The number of hydrogen-bond donors (Lipinski definition) is 2. The summed E-state index contributed by atoms with van der Waals surface area (Å²) in [5.41, 5.74) is 6.48. The minimum absolute atomic E-state index is 0.0785. The molecule has 3 nitrogen and oxygen atoms in total. The zero-order valence-electron chi connectivity index (χ0n) is 14.0. The summed E-state index contributed by atoms with van der Waals surface area (Å²) in [6.45, 7) is 11.1. The minimum Gasteiger partial charge on any atom is -0.410 e. The summed E-state index contributed by atoms with van der Waals surface area (Å²) in [6.07, 6.45) is -0.403. The molecule has 0 spiro atoms. The average Bonchev–Trinajstić information content (AvgIpc) is 2.39. The van der Waals surface area contributed by atoms with Crippen molar-refractivity contribution >= 4 is 31.5 Å². The first-order valence-electron chi connectivity index (χ1n) is 7.49. The van der Waals surface area contributed by atoms with Gasteiger partial charge in [0.05, 0.1) is 22.3 Å². The molecular formula is C16H27Cl2NO2Si. The maximum atomic E-state index is 9.96. The maximum Gasteiger partial charge on any atom is 0.192 e. The van der Waals surface area contributed by atoms with E-state index in [2.05, 4.69) is 33.9 Å². The fourth-order valence-electron chi connectivity index (χ4n) is 1.84. The highest BCUT2D eigenvalue weighted by atomic mass is 35.5. The average molecular weight is 364 g/mol. The summed E-state index contributed by atoms with van der Waals surface area (Å²) in [4.78, 5) is 0. The molecule has 0 aliphatic carbocycles. The highest BCUT2D eigenvalue weighted by Crippen LogP contribution is 2.41. The first-order chi connectivity index (χ1) is 9.98. The molecule has 22 heavy (non-hydrogen) atoms. The zero-order valence-corrected chi connectivity index (χ0v) is 16.5. The van der Waals surface area contributed by atoms with Crippen LogP contribution in [0.2, 0.25) is 28.2 Å². The Morgan fingerprint density at radius 1 is 1.23 bits per heavy atom. The van der Waals surface area contributed by atoms with Crippen molar-refractivity contribution in [2.24, 2.45) is 5.73 Å². The third-order valence-electron chi connectivity index (χ3n) is 4.32.